The lowest BCUT2D eigenvalue weighted by Gasteiger charge is -2.29. The van der Waals surface area contributed by atoms with E-state index in [1.807, 2.05) is 42.5 Å². The molecule has 0 bridgehead atoms. The summed E-state index contributed by atoms with van der Waals surface area (Å²) in [6, 6.07) is 16.2. The summed E-state index contributed by atoms with van der Waals surface area (Å²) in [6.07, 6.45) is 6.10. The normalized spacial score (nSPS) is 21.5. The summed E-state index contributed by atoms with van der Waals surface area (Å²) in [5.74, 6) is 0.955. The number of hydrogen-bond donors (Lipinski definition) is 0. The lowest BCUT2D eigenvalue weighted by molar-refractivity contribution is 0.577. The Labute approximate surface area is 158 Å². The van der Waals surface area contributed by atoms with E-state index in [0.717, 1.165) is 37.5 Å². The number of aliphatic imine (C=N–C) groups is 1. The smallest absolute Gasteiger partial charge is 0.157 e. The summed E-state index contributed by atoms with van der Waals surface area (Å²) in [4.78, 5) is 4.98. The van der Waals surface area contributed by atoms with Crippen molar-refractivity contribution in [3.63, 3.8) is 0 Å². The third kappa shape index (κ3) is 2.34. The molecule has 4 heteroatoms. The van der Waals surface area contributed by atoms with Gasteiger partial charge >= 0.3 is 0 Å². The van der Waals surface area contributed by atoms with Gasteiger partial charge in [-0.05, 0) is 24.3 Å². The molecular formula is C21H13BrClNO. The van der Waals surface area contributed by atoms with Crippen LogP contribution in [0.25, 0.3) is 11.0 Å². The number of fused-ring (bicyclic) bond motifs is 5. The van der Waals surface area contributed by atoms with Crippen LogP contribution in [-0.2, 0) is 0 Å². The Morgan fingerprint density at radius 3 is 2.68 bits per heavy atom. The largest absolute Gasteiger partial charge is 0.454 e. The van der Waals surface area contributed by atoms with Gasteiger partial charge in [0.25, 0.3) is 0 Å². The second-order valence-corrected chi connectivity index (χ2v) is 7.58. The van der Waals surface area contributed by atoms with Crippen molar-refractivity contribution in [2.75, 3.05) is 0 Å². The molecule has 2 atom stereocenters. The van der Waals surface area contributed by atoms with E-state index in [1.54, 1.807) is 0 Å². The van der Waals surface area contributed by atoms with Crippen LogP contribution in [-0.4, -0.2) is 11.8 Å². The van der Waals surface area contributed by atoms with Gasteiger partial charge in [0.1, 0.15) is 11.3 Å². The van der Waals surface area contributed by atoms with Gasteiger partial charge in [-0.3, -0.25) is 4.99 Å². The lowest BCUT2D eigenvalue weighted by Crippen LogP contribution is -2.26. The highest BCUT2D eigenvalue weighted by Gasteiger charge is 2.37. The first kappa shape index (κ1) is 15.2. The van der Waals surface area contributed by atoms with Crippen LogP contribution in [0, 0.1) is 0 Å². The number of furan rings is 1. The Morgan fingerprint density at radius 1 is 1.04 bits per heavy atom. The van der Waals surface area contributed by atoms with Gasteiger partial charge < -0.3 is 4.42 Å². The molecular weight excluding hydrogens is 398 g/mol. The highest BCUT2D eigenvalue weighted by atomic mass is 79.9. The first-order valence-corrected chi connectivity index (χ1v) is 9.29. The summed E-state index contributed by atoms with van der Waals surface area (Å²) in [5.41, 5.74) is 3.95. The minimum Gasteiger partial charge on any atom is -0.454 e. The lowest BCUT2D eigenvalue weighted by atomic mass is 9.82. The summed E-state index contributed by atoms with van der Waals surface area (Å²) < 4.78 is 7.27. The van der Waals surface area contributed by atoms with Gasteiger partial charge in [0, 0.05) is 31.9 Å². The summed E-state index contributed by atoms with van der Waals surface area (Å²) in [5, 5.41) is 1.89. The third-order valence-electron chi connectivity index (χ3n) is 4.76. The molecule has 3 aromatic rings. The number of halogens is 2. The van der Waals surface area contributed by atoms with E-state index in [1.165, 1.54) is 5.56 Å². The van der Waals surface area contributed by atoms with Crippen molar-refractivity contribution in [3.05, 3.63) is 93.2 Å². The highest BCUT2D eigenvalue weighted by Crippen LogP contribution is 2.44. The van der Waals surface area contributed by atoms with Crippen LogP contribution in [0.5, 0.6) is 0 Å². The van der Waals surface area contributed by atoms with Crippen molar-refractivity contribution in [3.8, 4) is 0 Å². The van der Waals surface area contributed by atoms with Gasteiger partial charge in [0.2, 0.25) is 0 Å². The van der Waals surface area contributed by atoms with E-state index in [0.29, 0.717) is 0 Å². The quantitative estimate of drug-likeness (QED) is 0.469. The van der Waals surface area contributed by atoms with Crippen molar-refractivity contribution in [2.24, 2.45) is 4.99 Å². The molecule has 0 spiro atoms. The molecule has 2 heterocycles. The monoisotopic (exact) mass is 409 g/mol. The molecule has 1 aromatic heterocycles. The number of hydrogen-bond acceptors (Lipinski definition) is 2. The molecule has 1 aliphatic heterocycles. The first-order valence-electron chi connectivity index (χ1n) is 8.12. The van der Waals surface area contributed by atoms with Gasteiger partial charge in [-0.15, -0.1) is 0 Å². The predicted octanol–water partition coefficient (Wildman–Crippen LogP) is 6.19. The van der Waals surface area contributed by atoms with Crippen molar-refractivity contribution in [1.29, 1.82) is 0 Å². The molecule has 1 aliphatic carbocycles. The summed E-state index contributed by atoms with van der Waals surface area (Å²) in [6.45, 7) is 0. The van der Waals surface area contributed by atoms with Crippen LogP contribution >= 0.6 is 27.5 Å². The van der Waals surface area contributed by atoms with Crippen molar-refractivity contribution in [2.45, 2.75) is 12.0 Å². The maximum absolute atomic E-state index is 6.52. The zero-order valence-corrected chi connectivity index (χ0v) is 15.5. The van der Waals surface area contributed by atoms with Gasteiger partial charge in [0.05, 0.1) is 6.04 Å². The van der Waals surface area contributed by atoms with Crippen molar-refractivity contribution in [1.82, 2.24) is 0 Å². The molecule has 5 rings (SSSR count). The van der Waals surface area contributed by atoms with E-state index in [9.17, 15) is 0 Å². The van der Waals surface area contributed by atoms with E-state index in [-0.39, 0.29) is 12.0 Å². The van der Waals surface area contributed by atoms with Crippen LogP contribution in [0.4, 0.5) is 0 Å². The standard InChI is InChI=1S/C21H13BrClNO/c22-13-10-8-12(9-11-13)19-21-18(14-4-1-2-7-17(14)25-21)15-5-3-6-16(23)20(15)24-19/h1-11,15,20H. The molecule has 2 aliphatic rings. The van der Waals surface area contributed by atoms with Crippen LogP contribution in [0.15, 0.2) is 85.7 Å². The number of rotatable bonds is 1. The van der Waals surface area contributed by atoms with Crippen molar-refractivity contribution < 1.29 is 4.42 Å². The summed E-state index contributed by atoms with van der Waals surface area (Å²) in [7, 11) is 0. The number of allylic oxidation sites excluding steroid dienone is 2. The van der Waals surface area contributed by atoms with Crippen LogP contribution in [0.1, 0.15) is 22.8 Å². The van der Waals surface area contributed by atoms with E-state index in [4.69, 9.17) is 21.0 Å². The average molecular weight is 411 g/mol. The second kappa shape index (κ2) is 5.72. The molecule has 25 heavy (non-hydrogen) atoms. The molecule has 122 valence electrons. The maximum Gasteiger partial charge on any atom is 0.157 e. The predicted molar refractivity (Wildman–Crippen MR) is 106 cm³/mol. The average Bonchev–Trinajstić information content (AvgIpc) is 3.02. The fourth-order valence-electron chi connectivity index (χ4n) is 3.62. The zero-order chi connectivity index (χ0) is 17.0. The van der Waals surface area contributed by atoms with E-state index >= 15 is 0 Å². The van der Waals surface area contributed by atoms with Gasteiger partial charge in [-0.2, -0.15) is 0 Å². The Balaban J connectivity index is 1.80. The second-order valence-electron chi connectivity index (χ2n) is 6.23. The number of para-hydroxylation sites is 1. The highest BCUT2D eigenvalue weighted by molar-refractivity contribution is 9.10. The molecule has 0 amide bonds. The third-order valence-corrected chi connectivity index (χ3v) is 5.64. The topological polar surface area (TPSA) is 25.5 Å². The molecule has 0 N–H and O–H groups in total. The zero-order valence-electron chi connectivity index (χ0n) is 13.1. The molecule has 0 radical (unpaired) electrons. The molecule has 0 fully saturated rings. The minimum atomic E-state index is -0.0983. The van der Waals surface area contributed by atoms with E-state index in [2.05, 4.69) is 40.2 Å². The Kier molecular flexibility index (Phi) is 3.47. The SMILES string of the molecule is ClC1=CC=CC2c3c(oc4ccccc34)C(c3ccc(Br)cc3)=NC12. The van der Waals surface area contributed by atoms with Crippen molar-refractivity contribution >= 4 is 44.2 Å². The Bertz CT molecular complexity index is 1070. The van der Waals surface area contributed by atoms with Crippen LogP contribution in [0.2, 0.25) is 0 Å². The van der Waals surface area contributed by atoms with Gasteiger partial charge in [-0.1, -0.05) is 70.0 Å². The molecule has 0 saturated heterocycles. The first-order chi connectivity index (χ1) is 12.2. The molecule has 2 nitrogen and oxygen atoms in total. The Hall–Kier alpha value is -2.10. The van der Waals surface area contributed by atoms with Gasteiger partial charge in [0.15, 0.2) is 5.76 Å². The molecule has 0 saturated carbocycles. The van der Waals surface area contributed by atoms with E-state index < -0.39 is 0 Å². The minimum absolute atomic E-state index is 0.0983. The van der Waals surface area contributed by atoms with Gasteiger partial charge in [-0.25, -0.2) is 0 Å². The summed E-state index contributed by atoms with van der Waals surface area (Å²) >= 11 is 10.0. The Morgan fingerprint density at radius 2 is 1.84 bits per heavy atom. The maximum atomic E-state index is 6.52. The number of benzene rings is 2. The fraction of sp³-hybridized carbons (Fsp3) is 0.0952. The van der Waals surface area contributed by atoms with Crippen LogP contribution in [0.3, 0.4) is 0 Å². The molecule has 2 unspecified atom stereocenters. The van der Waals surface area contributed by atoms with Crippen LogP contribution < -0.4 is 0 Å². The molecule has 2 aromatic carbocycles. The number of nitrogens with zero attached hydrogens (tertiary/aromatic N) is 1. The fourth-order valence-corrected chi connectivity index (χ4v) is 4.14.